The predicted octanol–water partition coefficient (Wildman–Crippen LogP) is 0.145. The number of aryl methyl sites for hydroxylation is 2. The van der Waals surface area contributed by atoms with Gasteiger partial charge in [0.05, 0.1) is 5.69 Å². The summed E-state index contributed by atoms with van der Waals surface area (Å²) >= 11 is 0. The number of anilines is 1. The summed E-state index contributed by atoms with van der Waals surface area (Å²) in [6.45, 7) is 2.02. The SMILES string of the molecule is CCc1nn(C)c(-n2cncn2)c1N. The molecule has 0 fully saturated rings. The van der Waals surface area contributed by atoms with Gasteiger partial charge in [-0.15, -0.1) is 0 Å². The predicted molar refractivity (Wildman–Crippen MR) is 51.9 cm³/mol. The Hall–Kier alpha value is -1.85. The second-order valence-corrected chi connectivity index (χ2v) is 3.00. The van der Waals surface area contributed by atoms with E-state index in [4.69, 9.17) is 5.73 Å². The molecule has 0 saturated heterocycles. The third-order valence-electron chi connectivity index (χ3n) is 2.10. The first-order valence-corrected chi connectivity index (χ1v) is 4.40. The molecule has 0 aliphatic carbocycles. The summed E-state index contributed by atoms with van der Waals surface area (Å²) in [5.41, 5.74) is 7.49. The topological polar surface area (TPSA) is 74.5 Å². The van der Waals surface area contributed by atoms with E-state index in [2.05, 4.69) is 15.2 Å². The molecule has 2 rings (SSSR count). The molecule has 74 valence electrons. The minimum absolute atomic E-state index is 0.667. The van der Waals surface area contributed by atoms with Crippen molar-refractivity contribution in [1.29, 1.82) is 0 Å². The largest absolute Gasteiger partial charge is 0.394 e. The van der Waals surface area contributed by atoms with Gasteiger partial charge in [0.2, 0.25) is 0 Å². The molecule has 0 spiro atoms. The Morgan fingerprint density at radius 1 is 1.50 bits per heavy atom. The maximum absolute atomic E-state index is 5.93. The van der Waals surface area contributed by atoms with Crippen LogP contribution < -0.4 is 5.73 Å². The molecule has 0 amide bonds. The summed E-state index contributed by atoms with van der Waals surface area (Å²) in [5.74, 6) is 0.763. The second kappa shape index (κ2) is 3.13. The molecule has 0 aliphatic heterocycles. The monoisotopic (exact) mass is 192 g/mol. The molecule has 2 aromatic rings. The fourth-order valence-electron chi connectivity index (χ4n) is 1.44. The zero-order chi connectivity index (χ0) is 10.1. The van der Waals surface area contributed by atoms with Crippen LogP contribution in [-0.4, -0.2) is 24.5 Å². The second-order valence-electron chi connectivity index (χ2n) is 3.00. The molecule has 0 atom stereocenters. The minimum atomic E-state index is 0.667. The highest BCUT2D eigenvalue weighted by molar-refractivity contribution is 5.57. The number of hydrogen-bond acceptors (Lipinski definition) is 4. The summed E-state index contributed by atoms with van der Waals surface area (Å²) in [4.78, 5) is 3.87. The van der Waals surface area contributed by atoms with Crippen LogP contribution in [-0.2, 0) is 13.5 Å². The van der Waals surface area contributed by atoms with Crippen LogP contribution in [0.25, 0.3) is 5.82 Å². The molecule has 14 heavy (non-hydrogen) atoms. The van der Waals surface area contributed by atoms with Crippen LogP contribution in [0, 0.1) is 0 Å². The normalized spacial score (nSPS) is 10.7. The van der Waals surface area contributed by atoms with Gasteiger partial charge in [-0.05, 0) is 6.42 Å². The Morgan fingerprint density at radius 3 is 2.79 bits per heavy atom. The smallest absolute Gasteiger partial charge is 0.177 e. The molecule has 0 radical (unpaired) electrons. The van der Waals surface area contributed by atoms with E-state index in [1.54, 1.807) is 15.7 Å². The zero-order valence-electron chi connectivity index (χ0n) is 8.18. The van der Waals surface area contributed by atoms with Crippen molar-refractivity contribution < 1.29 is 0 Å². The van der Waals surface area contributed by atoms with Crippen molar-refractivity contribution in [3.63, 3.8) is 0 Å². The van der Waals surface area contributed by atoms with Gasteiger partial charge in [-0.2, -0.15) is 10.2 Å². The molecule has 0 saturated carbocycles. The maximum Gasteiger partial charge on any atom is 0.177 e. The number of aromatic nitrogens is 5. The highest BCUT2D eigenvalue weighted by atomic mass is 15.4. The highest BCUT2D eigenvalue weighted by Crippen LogP contribution is 2.19. The number of hydrogen-bond donors (Lipinski definition) is 1. The summed E-state index contributed by atoms with van der Waals surface area (Å²) in [6, 6.07) is 0. The van der Waals surface area contributed by atoms with E-state index in [1.165, 1.54) is 6.33 Å². The Bertz CT molecular complexity index is 427. The van der Waals surface area contributed by atoms with Crippen molar-refractivity contribution >= 4 is 5.69 Å². The Balaban J connectivity index is 2.58. The number of nitrogens with two attached hydrogens (primary N) is 1. The van der Waals surface area contributed by atoms with Crippen molar-refractivity contribution in [1.82, 2.24) is 24.5 Å². The fraction of sp³-hybridized carbons (Fsp3) is 0.375. The van der Waals surface area contributed by atoms with Crippen LogP contribution in [0.3, 0.4) is 0 Å². The highest BCUT2D eigenvalue weighted by Gasteiger charge is 2.13. The molecular formula is C8H12N6. The van der Waals surface area contributed by atoms with E-state index >= 15 is 0 Å². The number of nitrogen functional groups attached to an aromatic ring is 1. The average Bonchev–Trinajstić information content (AvgIpc) is 2.74. The van der Waals surface area contributed by atoms with Gasteiger partial charge in [-0.3, -0.25) is 0 Å². The molecule has 0 aromatic carbocycles. The van der Waals surface area contributed by atoms with Crippen LogP contribution in [0.1, 0.15) is 12.6 Å². The fourth-order valence-corrected chi connectivity index (χ4v) is 1.44. The minimum Gasteiger partial charge on any atom is -0.394 e. The van der Waals surface area contributed by atoms with Crippen molar-refractivity contribution in [2.75, 3.05) is 5.73 Å². The third-order valence-corrected chi connectivity index (χ3v) is 2.10. The first kappa shape index (κ1) is 8.74. The third kappa shape index (κ3) is 1.15. The van der Waals surface area contributed by atoms with Gasteiger partial charge < -0.3 is 5.73 Å². The molecule has 0 aliphatic rings. The summed E-state index contributed by atoms with van der Waals surface area (Å²) in [5, 5.41) is 8.31. The summed E-state index contributed by atoms with van der Waals surface area (Å²) in [6.07, 6.45) is 3.89. The summed E-state index contributed by atoms with van der Waals surface area (Å²) < 4.78 is 3.32. The van der Waals surface area contributed by atoms with E-state index < -0.39 is 0 Å². The van der Waals surface area contributed by atoms with E-state index in [0.29, 0.717) is 5.69 Å². The molecule has 6 heteroatoms. The lowest BCUT2D eigenvalue weighted by Crippen LogP contribution is -2.05. The molecule has 2 heterocycles. The first-order chi connectivity index (χ1) is 6.74. The van der Waals surface area contributed by atoms with Gasteiger partial charge in [-0.1, -0.05) is 6.92 Å². The lowest BCUT2D eigenvalue weighted by atomic mass is 10.3. The van der Waals surface area contributed by atoms with Gasteiger partial charge in [0.15, 0.2) is 5.82 Å². The first-order valence-electron chi connectivity index (χ1n) is 4.40. The van der Waals surface area contributed by atoms with E-state index in [1.807, 2.05) is 14.0 Å². The van der Waals surface area contributed by atoms with Crippen LogP contribution in [0.15, 0.2) is 12.7 Å². The lowest BCUT2D eigenvalue weighted by molar-refractivity contribution is 0.689. The van der Waals surface area contributed by atoms with Crippen molar-refractivity contribution in [2.24, 2.45) is 7.05 Å². The Kier molecular flexibility index (Phi) is 1.95. The van der Waals surface area contributed by atoms with Crippen LogP contribution in [0.4, 0.5) is 5.69 Å². The van der Waals surface area contributed by atoms with Gasteiger partial charge in [0.1, 0.15) is 18.3 Å². The molecule has 0 bridgehead atoms. The quantitative estimate of drug-likeness (QED) is 0.734. The lowest BCUT2D eigenvalue weighted by Gasteiger charge is -2.00. The van der Waals surface area contributed by atoms with Gasteiger partial charge >= 0.3 is 0 Å². The molecule has 6 nitrogen and oxygen atoms in total. The van der Waals surface area contributed by atoms with Crippen molar-refractivity contribution in [3.05, 3.63) is 18.3 Å². The van der Waals surface area contributed by atoms with Crippen LogP contribution in [0.5, 0.6) is 0 Å². The Labute approximate surface area is 81.4 Å². The van der Waals surface area contributed by atoms with E-state index in [-0.39, 0.29) is 0 Å². The molecule has 0 unspecified atom stereocenters. The molecular weight excluding hydrogens is 180 g/mol. The van der Waals surface area contributed by atoms with Crippen LogP contribution in [0.2, 0.25) is 0 Å². The van der Waals surface area contributed by atoms with Gasteiger partial charge in [-0.25, -0.2) is 14.3 Å². The Morgan fingerprint density at radius 2 is 2.29 bits per heavy atom. The summed E-state index contributed by atoms with van der Waals surface area (Å²) in [7, 11) is 1.84. The average molecular weight is 192 g/mol. The maximum atomic E-state index is 5.93. The van der Waals surface area contributed by atoms with Crippen molar-refractivity contribution in [3.8, 4) is 5.82 Å². The van der Waals surface area contributed by atoms with E-state index in [9.17, 15) is 0 Å². The van der Waals surface area contributed by atoms with E-state index in [0.717, 1.165) is 17.9 Å². The van der Waals surface area contributed by atoms with Gasteiger partial charge in [0, 0.05) is 7.05 Å². The molecule has 2 aromatic heterocycles. The van der Waals surface area contributed by atoms with Gasteiger partial charge in [0.25, 0.3) is 0 Å². The zero-order valence-corrected chi connectivity index (χ0v) is 8.18. The number of rotatable bonds is 2. The standard InChI is InChI=1S/C8H12N6/c1-3-6-7(9)8(13(2)12-6)14-5-10-4-11-14/h4-5H,3,9H2,1-2H3. The molecule has 2 N–H and O–H groups in total. The van der Waals surface area contributed by atoms with Crippen LogP contribution >= 0.6 is 0 Å². The van der Waals surface area contributed by atoms with Crippen molar-refractivity contribution in [2.45, 2.75) is 13.3 Å². The number of nitrogens with zero attached hydrogens (tertiary/aromatic N) is 5.